The number of imidazole rings is 1. The molecule has 5 rings (SSSR count). The van der Waals surface area contributed by atoms with Crippen LogP contribution < -0.4 is 22.7 Å². The van der Waals surface area contributed by atoms with Gasteiger partial charge in [-0.2, -0.15) is 9.97 Å². The number of nitrogens with zero attached hydrogens (tertiary/aromatic N) is 6. The molecule has 0 bridgehead atoms. The summed E-state index contributed by atoms with van der Waals surface area (Å²) in [5.41, 5.74) is 9.95. The van der Waals surface area contributed by atoms with Crippen molar-refractivity contribution in [3.63, 3.8) is 0 Å². The van der Waals surface area contributed by atoms with E-state index in [0.717, 1.165) is 10.9 Å². The summed E-state index contributed by atoms with van der Waals surface area (Å²) in [6.07, 6.45) is -1.18. The van der Waals surface area contributed by atoms with Gasteiger partial charge in [0.15, 0.2) is 23.2 Å². The zero-order chi connectivity index (χ0) is 27.2. The van der Waals surface area contributed by atoms with E-state index in [1.54, 1.807) is 0 Å². The Bertz CT molecular complexity index is 1570. The van der Waals surface area contributed by atoms with Crippen molar-refractivity contribution >= 4 is 41.6 Å². The first-order valence-electron chi connectivity index (χ1n) is 11.0. The second kappa shape index (κ2) is 10.0. The van der Waals surface area contributed by atoms with Crippen molar-refractivity contribution in [2.24, 2.45) is 0 Å². The van der Waals surface area contributed by atoms with Gasteiger partial charge < -0.3 is 45.1 Å². The number of nitrogen functional groups attached to an aromatic ring is 2. The lowest BCUT2D eigenvalue weighted by atomic mass is 10.2. The van der Waals surface area contributed by atoms with E-state index in [9.17, 15) is 24.7 Å². The zero-order valence-corrected chi connectivity index (χ0v) is 21.0. The van der Waals surface area contributed by atoms with Crippen LogP contribution in [0.25, 0.3) is 11.2 Å². The van der Waals surface area contributed by atoms with E-state index in [1.807, 2.05) is 0 Å². The van der Waals surface area contributed by atoms with Gasteiger partial charge in [0.25, 0.3) is 5.56 Å². The second-order valence-corrected chi connectivity index (χ2v) is 11.0. The molecule has 0 radical (unpaired) electrons. The number of rotatable bonds is 8. The molecule has 3 aromatic heterocycles. The molecule has 0 aliphatic carbocycles. The largest absolute Gasteiger partial charge is 0.508 e. The fourth-order valence-electron chi connectivity index (χ4n) is 4.02. The minimum atomic E-state index is -3.96. The van der Waals surface area contributed by atoms with Crippen molar-refractivity contribution < 1.29 is 33.6 Å². The predicted octanol–water partition coefficient (Wildman–Crippen LogP) is -1.48. The molecule has 0 amide bonds. The SMILES string of the molecule is Nc1ncn([C@H]2CC(OP(O)(=S)OCC3=C(O)C[C@H](n4cnc5c(=O)[nH]c(N)nc54)O3)[C@@H](CO)O2)c(=O)n1. The molecule has 5 atom stereocenters. The molecule has 2 aliphatic heterocycles. The molecule has 20 heteroatoms. The fourth-order valence-corrected chi connectivity index (χ4v) is 5.42. The number of nitrogens with one attached hydrogen (secondary N) is 1. The van der Waals surface area contributed by atoms with Crippen LogP contribution in [-0.4, -0.2) is 74.6 Å². The number of ether oxygens (including phenoxy) is 2. The first kappa shape index (κ1) is 26.2. The molecule has 8 N–H and O–H groups in total. The van der Waals surface area contributed by atoms with Crippen molar-refractivity contribution in [3.05, 3.63) is 45.0 Å². The first-order valence-corrected chi connectivity index (χ1v) is 13.6. The summed E-state index contributed by atoms with van der Waals surface area (Å²) >= 11 is 5.09. The Morgan fingerprint density at radius 3 is 2.71 bits per heavy atom. The Morgan fingerprint density at radius 1 is 1.21 bits per heavy atom. The van der Waals surface area contributed by atoms with Gasteiger partial charge >= 0.3 is 12.4 Å². The molecule has 3 aromatic rings. The monoisotopic (exact) mass is 571 g/mol. The van der Waals surface area contributed by atoms with Crippen LogP contribution in [-0.2, 0) is 30.3 Å². The highest BCUT2D eigenvalue weighted by Crippen LogP contribution is 2.49. The highest BCUT2D eigenvalue weighted by atomic mass is 32.5. The maximum absolute atomic E-state index is 12.1. The van der Waals surface area contributed by atoms with E-state index in [-0.39, 0.29) is 47.4 Å². The number of aromatic amines is 1. The van der Waals surface area contributed by atoms with Crippen molar-refractivity contribution in [3.8, 4) is 0 Å². The topological polar surface area (TPSA) is 261 Å². The Labute approximate surface area is 216 Å². The van der Waals surface area contributed by atoms with Gasteiger partial charge in [0.05, 0.1) is 19.1 Å². The van der Waals surface area contributed by atoms with Gasteiger partial charge in [-0.25, -0.2) is 14.8 Å². The molecular formula is C18H22N9O9PS. The van der Waals surface area contributed by atoms with Crippen LogP contribution in [0.15, 0.2) is 33.8 Å². The summed E-state index contributed by atoms with van der Waals surface area (Å²) in [6.45, 7) is -4.91. The average molecular weight is 571 g/mol. The number of hydrogen-bond donors (Lipinski definition) is 6. The number of H-pyrrole nitrogens is 1. The molecule has 1 fully saturated rings. The lowest BCUT2D eigenvalue weighted by Gasteiger charge is -2.23. The fraction of sp³-hybridized carbons (Fsp3) is 0.444. The van der Waals surface area contributed by atoms with Crippen LogP contribution in [0.5, 0.6) is 0 Å². The summed E-state index contributed by atoms with van der Waals surface area (Å²) in [4.78, 5) is 52.4. The highest BCUT2D eigenvalue weighted by molar-refractivity contribution is 8.07. The Balaban J connectivity index is 1.23. The van der Waals surface area contributed by atoms with Gasteiger partial charge in [-0.05, 0) is 11.8 Å². The lowest BCUT2D eigenvalue weighted by molar-refractivity contribution is -0.0446. The number of aliphatic hydroxyl groups excluding tert-OH is 2. The van der Waals surface area contributed by atoms with E-state index in [4.69, 9.17) is 41.8 Å². The summed E-state index contributed by atoms with van der Waals surface area (Å²) in [7, 11) is 0. The van der Waals surface area contributed by atoms with E-state index in [0.29, 0.717) is 0 Å². The molecule has 0 saturated carbocycles. The minimum Gasteiger partial charge on any atom is -0.508 e. The lowest BCUT2D eigenvalue weighted by Crippen LogP contribution is -2.29. The zero-order valence-electron chi connectivity index (χ0n) is 19.3. The standard InChI is InChI=1S/C18H22N9O9PS/c19-16-22-6-27(18(31)25-16)12-2-8(9(3-28)34-12)36-37(32,38)33-4-10-7(29)1-11(35-10)26-5-21-13-14(26)23-17(20)24-15(13)30/h5-6,8-9,11-12,28-29H,1-4H2,(H,32,38)(H2,19,25,31)(H3,20,23,24,30)/t8?,9-,11-,12-,37?/m1/s1. The normalized spacial score (nSPS) is 25.1. The average Bonchev–Trinajstić information content (AvgIpc) is 3.54. The quantitative estimate of drug-likeness (QED) is 0.168. The van der Waals surface area contributed by atoms with E-state index in [1.165, 1.54) is 10.9 Å². The molecular weight excluding hydrogens is 549 g/mol. The van der Waals surface area contributed by atoms with Gasteiger partial charge in [-0.3, -0.25) is 18.9 Å². The first-order chi connectivity index (χ1) is 18.0. The van der Waals surface area contributed by atoms with Crippen molar-refractivity contribution in [1.82, 2.24) is 34.1 Å². The second-order valence-electron chi connectivity index (χ2n) is 8.26. The van der Waals surface area contributed by atoms with Crippen molar-refractivity contribution in [1.29, 1.82) is 0 Å². The van der Waals surface area contributed by atoms with E-state index >= 15 is 0 Å². The van der Waals surface area contributed by atoms with Crippen molar-refractivity contribution in [2.75, 3.05) is 24.7 Å². The van der Waals surface area contributed by atoms with Gasteiger partial charge in [0, 0.05) is 6.42 Å². The van der Waals surface area contributed by atoms with Gasteiger partial charge in [-0.1, -0.05) is 0 Å². The van der Waals surface area contributed by atoms with Crippen LogP contribution in [0.2, 0.25) is 0 Å². The number of fused-ring (bicyclic) bond motifs is 1. The number of aromatic nitrogens is 7. The molecule has 204 valence electrons. The van der Waals surface area contributed by atoms with Gasteiger partial charge in [0.1, 0.15) is 37.4 Å². The van der Waals surface area contributed by atoms with E-state index in [2.05, 4.69) is 24.9 Å². The predicted molar refractivity (Wildman–Crippen MR) is 131 cm³/mol. The van der Waals surface area contributed by atoms with Crippen molar-refractivity contribution in [2.45, 2.75) is 37.5 Å². The number of anilines is 2. The third kappa shape index (κ3) is 5.12. The van der Waals surface area contributed by atoms with Crippen LogP contribution in [0.1, 0.15) is 25.3 Å². The minimum absolute atomic E-state index is 0.0101. The Hall–Kier alpha value is -3.45. The molecule has 38 heavy (non-hydrogen) atoms. The smallest absolute Gasteiger partial charge is 0.354 e. The molecule has 2 unspecified atom stereocenters. The van der Waals surface area contributed by atoms with Crippen LogP contribution >= 0.6 is 6.72 Å². The Kier molecular flexibility index (Phi) is 6.90. The maximum Gasteiger partial charge on any atom is 0.354 e. The molecule has 18 nitrogen and oxygen atoms in total. The summed E-state index contributed by atoms with van der Waals surface area (Å²) in [5, 5.41) is 20.1. The highest BCUT2D eigenvalue weighted by Gasteiger charge is 2.41. The summed E-state index contributed by atoms with van der Waals surface area (Å²) in [6, 6.07) is 0. The molecule has 0 aromatic carbocycles. The third-order valence-corrected chi connectivity index (χ3v) is 7.34. The third-order valence-electron chi connectivity index (χ3n) is 5.77. The molecule has 5 heterocycles. The van der Waals surface area contributed by atoms with Crippen LogP contribution in [0.4, 0.5) is 11.9 Å². The number of aliphatic hydroxyl groups is 2. The summed E-state index contributed by atoms with van der Waals surface area (Å²) < 4.78 is 24.8. The maximum atomic E-state index is 12.1. The Morgan fingerprint density at radius 2 is 1.97 bits per heavy atom. The summed E-state index contributed by atoms with van der Waals surface area (Å²) in [5.74, 6) is -0.551. The molecule has 1 saturated heterocycles. The molecule has 2 aliphatic rings. The van der Waals surface area contributed by atoms with Gasteiger partial charge in [-0.15, -0.1) is 0 Å². The van der Waals surface area contributed by atoms with Gasteiger partial charge in [0.2, 0.25) is 11.9 Å². The number of nitrogens with two attached hydrogens (primary N) is 2. The van der Waals surface area contributed by atoms with E-state index < -0.39 is 55.8 Å². The van der Waals surface area contributed by atoms with Crippen LogP contribution in [0, 0.1) is 0 Å². The number of hydrogen-bond acceptors (Lipinski definition) is 15. The molecule has 0 spiro atoms. The van der Waals surface area contributed by atoms with Crippen LogP contribution in [0.3, 0.4) is 0 Å².